The molecule has 3 fully saturated rings. The van der Waals surface area contributed by atoms with Crippen molar-refractivity contribution in [2.75, 3.05) is 6.61 Å². The van der Waals surface area contributed by atoms with Gasteiger partial charge >= 0.3 is 5.97 Å². The van der Waals surface area contributed by atoms with Crippen molar-refractivity contribution < 1.29 is 29.0 Å². The van der Waals surface area contributed by atoms with Crippen molar-refractivity contribution in [3.8, 4) is 0 Å². The van der Waals surface area contributed by atoms with Gasteiger partial charge in [0.2, 0.25) is 5.78 Å². The van der Waals surface area contributed by atoms with Crippen LogP contribution in [0.3, 0.4) is 0 Å². The van der Waals surface area contributed by atoms with Crippen molar-refractivity contribution in [1.82, 2.24) is 0 Å². The van der Waals surface area contributed by atoms with Crippen LogP contribution in [0.1, 0.15) is 72.1 Å². The van der Waals surface area contributed by atoms with Crippen molar-refractivity contribution in [3.63, 3.8) is 0 Å². The maximum Gasteiger partial charge on any atom is 0.305 e. The standard InChI is InChI=1S/C24H32O6/c1-4-20(28)30-13-19(27)24(29)10-8-17-16-6-5-14-11-15(25)7-9-22(14,2)21(16)18(26)12-23(17,24)3/h11,16-17,21,29H,4-10,12-13H2,1-3H3/t16-,17-,21+,22-,23-,24-/m0/s1. The third-order valence-corrected chi connectivity index (χ3v) is 8.92. The van der Waals surface area contributed by atoms with Crippen molar-refractivity contribution in [1.29, 1.82) is 0 Å². The van der Waals surface area contributed by atoms with Crippen LogP contribution in [0.4, 0.5) is 0 Å². The predicted molar refractivity (Wildman–Crippen MR) is 108 cm³/mol. The highest BCUT2D eigenvalue weighted by Gasteiger charge is 2.68. The fraction of sp³-hybridized carbons (Fsp3) is 0.750. The number of rotatable bonds is 4. The van der Waals surface area contributed by atoms with E-state index in [4.69, 9.17) is 4.74 Å². The molecule has 0 bridgehead atoms. The van der Waals surface area contributed by atoms with Gasteiger partial charge in [0.05, 0.1) is 0 Å². The molecule has 0 radical (unpaired) electrons. The smallest absolute Gasteiger partial charge is 0.305 e. The largest absolute Gasteiger partial charge is 0.458 e. The Kier molecular flexibility index (Phi) is 5.08. The molecule has 0 amide bonds. The number of esters is 1. The van der Waals surface area contributed by atoms with E-state index in [0.717, 1.165) is 18.4 Å². The van der Waals surface area contributed by atoms with Gasteiger partial charge in [-0.3, -0.25) is 19.2 Å². The van der Waals surface area contributed by atoms with Crippen LogP contribution in [0, 0.1) is 28.6 Å². The first-order valence-corrected chi connectivity index (χ1v) is 11.2. The molecule has 4 aliphatic rings. The molecule has 0 aromatic heterocycles. The molecule has 3 saturated carbocycles. The summed E-state index contributed by atoms with van der Waals surface area (Å²) >= 11 is 0. The number of Topliss-reactive ketones (excluding diaryl/α,β-unsaturated/α-hetero) is 2. The van der Waals surface area contributed by atoms with Crippen LogP contribution in [0.25, 0.3) is 0 Å². The topological polar surface area (TPSA) is 97.7 Å². The SMILES string of the molecule is CCC(=O)OCC(=O)[C@@]1(O)CC[C@H]2[C@@H]3CCC4=CC(=O)CC[C@]4(C)[C@H]3C(=O)C[C@@]21C. The molecule has 4 rings (SSSR count). The summed E-state index contributed by atoms with van der Waals surface area (Å²) in [4.78, 5) is 49.9. The highest BCUT2D eigenvalue weighted by atomic mass is 16.5. The van der Waals surface area contributed by atoms with E-state index in [1.165, 1.54) is 0 Å². The van der Waals surface area contributed by atoms with E-state index in [2.05, 4.69) is 6.92 Å². The van der Waals surface area contributed by atoms with Gasteiger partial charge in [-0.25, -0.2) is 0 Å². The molecule has 0 heterocycles. The molecular weight excluding hydrogens is 384 g/mol. The summed E-state index contributed by atoms with van der Waals surface area (Å²) in [7, 11) is 0. The minimum absolute atomic E-state index is 0.0621. The fourth-order valence-corrected chi connectivity index (χ4v) is 7.21. The number of fused-ring (bicyclic) bond motifs is 5. The average molecular weight is 417 g/mol. The molecule has 0 aromatic carbocycles. The van der Waals surface area contributed by atoms with Gasteiger partial charge in [-0.05, 0) is 55.4 Å². The van der Waals surface area contributed by atoms with E-state index in [-0.39, 0.29) is 47.6 Å². The number of allylic oxidation sites excluding steroid dienone is 1. The third kappa shape index (κ3) is 2.86. The van der Waals surface area contributed by atoms with Crippen LogP contribution in [0.2, 0.25) is 0 Å². The number of ether oxygens (including phenoxy) is 1. The van der Waals surface area contributed by atoms with Crippen molar-refractivity contribution >= 4 is 23.3 Å². The zero-order chi connectivity index (χ0) is 21.9. The van der Waals surface area contributed by atoms with Gasteiger partial charge in [-0.1, -0.05) is 26.3 Å². The molecule has 6 nitrogen and oxygen atoms in total. The molecule has 0 saturated heterocycles. The summed E-state index contributed by atoms with van der Waals surface area (Å²) < 4.78 is 5.01. The second-order valence-electron chi connectivity index (χ2n) is 10.2. The highest BCUT2D eigenvalue weighted by molar-refractivity contribution is 5.95. The Labute approximate surface area is 177 Å². The summed E-state index contributed by atoms with van der Waals surface area (Å²) in [5, 5.41) is 11.5. The highest BCUT2D eigenvalue weighted by Crippen LogP contribution is 2.66. The average Bonchev–Trinajstić information content (AvgIpc) is 2.97. The second-order valence-corrected chi connectivity index (χ2v) is 10.2. The molecule has 30 heavy (non-hydrogen) atoms. The van der Waals surface area contributed by atoms with E-state index in [1.54, 1.807) is 13.0 Å². The van der Waals surface area contributed by atoms with Crippen LogP contribution in [0.15, 0.2) is 11.6 Å². The lowest BCUT2D eigenvalue weighted by molar-refractivity contribution is -0.173. The summed E-state index contributed by atoms with van der Waals surface area (Å²) in [5.74, 6) is -0.710. The number of hydrogen-bond acceptors (Lipinski definition) is 6. The minimum atomic E-state index is -1.65. The molecule has 1 N–H and O–H groups in total. The molecule has 4 aliphatic carbocycles. The van der Waals surface area contributed by atoms with E-state index >= 15 is 0 Å². The van der Waals surface area contributed by atoms with Gasteiger partial charge in [-0.15, -0.1) is 0 Å². The van der Waals surface area contributed by atoms with Crippen molar-refractivity contribution in [3.05, 3.63) is 11.6 Å². The lowest BCUT2D eigenvalue weighted by Crippen LogP contribution is -2.61. The maximum absolute atomic E-state index is 13.5. The summed E-state index contributed by atoms with van der Waals surface area (Å²) in [6.45, 7) is 5.20. The van der Waals surface area contributed by atoms with Gasteiger partial charge in [-0.2, -0.15) is 0 Å². The van der Waals surface area contributed by atoms with Gasteiger partial charge in [0, 0.05) is 30.6 Å². The van der Waals surface area contributed by atoms with E-state index in [9.17, 15) is 24.3 Å². The Balaban J connectivity index is 1.63. The van der Waals surface area contributed by atoms with Crippen LogP contribution in [0.5, 0.6) is 0 Å². The van der Waals surface area contributed by atoms with Crippen LogP contribution < -0.4 is 0 Å². The Morgan fingerprint density at radius 1 is 1.17 bits per heavy atom. The molecule has 164 valence electrons. The lowest BCUT2D eigenvalue weighted by atomic mass is 9.46. The molecule has 0 aliphatic heterocycles. The van der Waals surface area contributed by atoms with Gasteiger partial charge < -0.3 is 9.84 Å². The second kappa shape index (κ2) is 7.11. The monoisotopic (exact) mass is 416 g/mol. The first-order valence-electron chi connectivity index (χ1n) is 11.2. The normalized spacial score (nSPS) is 42.7. The van der Waals surface area contributed by atoms with Crippen LogP contribution in [-0.2, 0) is 23.9 Å². The molecule has 0 spiro atoms. The third-order valence-electron chi connectivity index (χ3n) is 8.92. The number of aliphatic hydroxyl groups is 1. The lowest BCUT2D eigenvalue weighted by Gasteiger charge is -2.57. The minimum Gasteiger partial charge on any atom is -0.458 e. The van der Waals surface area contributed by atoms with E-state index in [0.29, 0.717) is 25.7 Å². The fourth-order valence-electron chi connectivity index (χ4n) is 7.21. The maximum atomic E-state index is 13.5. The Morgan fingerprint density at radius 3 is 2.60 bits per heavy atom. The Morgan fingerprint density at radius 2 is 1.90 bits per heavy atom. The van der Waals surface area contributed by atoms with Gasteiger partial charge in [0.1, 0.15) is 11.4 Å². The number of carbonyl (C=O) groups is 4. The van der Waals surface area contributed by atoms with Crippen molar-refractivity contribution in [2.45, 2.75) is 77.7 Å². The number of ketones is 3. The first kappa shape index (κ1) is 21.4. The molecule has 0 unspecified atom stereocenters. The Hall–Kier alpha value is -1.82. The summed E-state index contributed by atoms with van der Waals surface area (Å²) in [6, 6.07) is 0. The predicted octanol–water partition coefficient (Wildman–Crippen LogP) is 2.95. The van der Waals surface area contributed by atoms with Gasteiger partial charge in [0.15, 0.2) is 12.4 Å². The van der Waals surface area contributed by atoms with E-state index in [1.807, 2.05) is 6.92 Å². The molecular formula is C24H32O6. The van der Waals surface area contributed by atoms with E-state index < -0.39 is 29.4 Å². The summed E-state index contributed by atoms with van der Waals surface area (Å²) in [6.07, 6.45) is 5.84. The summed E-state index contributed by atoms with van der Waals surface area (Å²) in [5.41, 5.74) is -1.68. The first-order chi connectivity index (χ1) is 14.1. The number of hydrogen-bond donors (Lipinski definition) is 1. The van der Waals surface area contributed by atoms with Crippen LogP contribution in [-0.4, -0.2) is 40.6 Å². The zero-order valence-electron chi connectivity index (χ0n) is 18.2. The zero-order valence-corrected chi connectivity index (χ0v) is 18.2. The number of carbonyl (C=O) groups excluding carboxylic acids is 4. The quantitative estimate of drug-likeness (QED) is 0.708. The van der Waals surface area contributed by atoms with Crippen molar-refractivity contribution in [2.24, 2.45) is 28.6 Å². The van der Waals surface area contributed by atoms with Gasteiger partial charge in [0.25, 0.3) is 0 Å². The molecule has 0 aromatic rings. The molecule has 6 atom stereocenters. The van der Waals surface area contributed by atoms with Crippen LogP contribution >= 0.6 is 0 Å². The Bertz CT molecular complexity index is 843. The molecule has 6 heteroatoms.